The SMILES string of the molecule is COC(=O)c1c[c]([Na])c(C(=O)O)c(C)c1S(=O)(=O)O. The van der Waals surface area contributed by atoms with Gasteiger partial charge < -0.3 is 0 Å². The zero-order valence-corrected chi connectivity index (χ0v) is 13.2. The molecule has 1 aromatic rings. The van der Waals surface area contributed by atoms with Crippen LogP contribution in [0, 0.1) is 6.92 Å². The molecule has 7 nitrogen and oxygen atoms in total. The molecule has 0 aromatic heterocycles. The first-order chi connectivity index (χ1) is 8.61. The Morgan fingerprint density at radius 1 is 1.37 bits per heavy atom. The van der Waals surface area contributed by atoms with Gasteiger partial charge in [-0.3, -0.25) is 0 Å². The Morgan fingerprint density at radius 3 is 2.26 bits per heavy atom. The Morgan fingerprint density at radius 2 is 1.89 bits per heavy atom. The molecule has 1 aromatic carbocycles. The minimum atomic E-state index is -4.74. The van der Waals surface area contributed by atoms with Gasteiger partial charge in [0.1, 0.15) is 0 Å². The number of carbonyl (C=O) groups excluding carboxylic acids is 1. The molecule has 19 heavy (non-hydrogen) atoms. The average Bonchev–Trinajstić information content (AvgIpc) is 2.24. The van der Waals surface area contributed by atoms with Crippen LogP contribution in [0.5, 0.6) is 0 Å². The van der Waals surface area contributed by atoms with Gasteiger partial charge in [-0.15, -0.1) is 0 Å². The minimum absolute atomic E-state index is 0.178. The number of esters is 1. The first-order valence-corrected chi connectivity index (χ1v) is 7.48. The predicted molar refractivity (Wildman–Crippen MR) is 64.7 cm³/mol. The van der Waals surface area contributed by atoms with Crippen LogP contribution in [0.4, 0.5) is 0 Å². The van der Waals surface area contributed by atoms with Crippen molar-refractivity contribution in [1.82, 2.24) is 0 Å². The number of aromatic carboxylic acids is 1. The van der Waals surface area contributed by atoms with E-state index < -0.39 is 27.0 Å². The Bertz CT molecular complexity index is 663. The second kappa shape index (κ2) is 5.59. The molecule has 1 rings (SSSR count). The molecule has 0 heterocycles. The molecule has 0 aliphatic rings. The van der Waals surface area contributed by atoms with E-state index in [2.05, 4.69) is 4.74 Å². The van der Waals surface area contributed by atoms with Crippen molar-refractivity contribution in [2.24, 2.45) is 0 Å². The Labute approximate surface area is 126 Å². The van der Waals surface area contributed by atoms with Gasteiger partial charge in [-0.25, -0.2) is 0 Å². The van der Waals surface area contributed by atoms with Gasteiger partial charge in [0.25, 0.3) is 0 Å². The number of methoxy groups -OCH3 is 1. The zero-order valence-electron chi connectivity index (χ0n) is 10.4. The number of carboxylic acids is 1. The van der Waals surface area contributed by atoms with E-state index in [9.17, 15) is 22.6 Å². The molecule has 0 radical (unpaired) electrons. The van der Waals surface area contributed by atoms with E-state index in [-0.39, 0.29) is 44.6 Å². The number of benzene rings is 1. The molecule has 0 aliphatic heterocycles. The fourth-order valence-corrected chi connectivity index (χ4v) is 3.68. The molecule has 2 N–H and O–H groups in total. The molecule has 0 aliphatic carbocycles. The summed E-state index contributed by atoms with van der Waals surface area (Å²) in [5, 5.41) is 9.05. The first kappa shape index (κ1) is 16.1. The summed E-state index contributed by atoms with van der Waals surface area (Å²) in [4.78, 5) is 21.9. The van der Waals surface area contributed by atoms with E-state index >= 15 is 0 Å². The third kappa shape index (κ3) is 3.15. The second-order valence-electron chi connectivity index (χ2n) is 3.84. The molecule has 98 valence electrons. The quantitative estimate of drug-likeness (QED) is 0.439. The van der Waals surface area contributed by atoms with Gasteiger partial charge in [-0.05, 0) is 0 Å². The zero-order chi connectivity index (χ0) is 15.0. The number of carboxylic acid groups (broad SMARTS) is 1. The molecular formula is C10H9NaO7S. The maximum atomic E-state index is 11.5. The van der Waals surface area contributed by atoms with Crippen molar-refractivity contribution in [3.8, 4) is 0 Å². The Kier molecular flexibility index (Phi) is 4.75. The molecule has 0 saturated carbocycles. The maximum absolute atomic E-state index is 11.5. The fourth-order valence-electron chi connectivity index (χ4n) is 1.89. The molecule has 0 unspecified atom stereocenters. The van der Waals surface area contributed by atoms with Crippen LogP contribution in [0.2, 0.25) is 0 Å². The number of carbonyl (C=O) groups is 2. The van der Waals surface area contributed by atoms with Crippen molar-refractivity contribution in [1.29, 1.82) is 0 Å². The molecule has 0 fully saturated rings. The van der Waals surface area contributed by atoms with E-state index in [1.807, 2.05) is 0 Å². The van der Waals surface area contributed by atoms with Gasteiger partial charge >= 0.3 is 127 Å². The molecular weight excluding hydrogens is 287 g/mol. The van der Waals surface area contributed by atoms with Crippen LogP contribution < -0.4 is 2.81 Å². The Balaban J connectivity index is 3.89. The predicted octanol–water partition coefficient (Wildman–Crippen LogP) is -0.480. The Hall–Kier alpha value is -0.930. The summed E-state index contributed by atoms with van der Waals surface area (Å²) in [6.45, 7) is 1.22. The summed E-state index contributed by atoms with van der Waals surface area (Å²) >= 11 is 0.289. The van der Waals surface area contributed by atoms with Crippen LogP contribution in [-0.2, 0) is 14.9 Å². The standard InChI is InChI=1S/C10H9O7S.Na/c1-5-6(9(11)12)3-4-7(10(13)17-2)8(5)18(14,15)16;/h4H,1-2H3,(H,11,12)(H,14,15,16);. The van der Waals surface area contributed by atoms with Gasteiger partial charge in [-0.2, -0.15) is 0 Å². The fraction of sp³-hybridized carbons (Fsp3) is 0.200. The topological polar surface area (TPSA) is 118 Å². The van der Waals surface area contributed by atoms with Crippen LogP contribution in [0.3, 0.4) is 0 Å². The van der Waals surface area contributed by atoms with E-state index in [1.165, 1.54) is 6.92 Å². The number of hydrogen-bond donors (Lipinski definition) is 2. The van der Waals surface area contributed by atoms with Crippen LogP contribution in [-0.4, -0.2) is 65.1 Å². The second-order valence-corrected chi connectivity index (χ2v) is 6.28. The van der Waals surface area contributed by atoms with Gasteiger partial charge in [0.2, 0.25) is 0 Å². The monoisotopic (exact) mass is 296 g/mol. The van der Waals surface area contributed by atoms with Gasteiger partial charge in [0.15, 0.2) is 0 Å². The van der Waals surface area contributed by atoms with Crippen LogP contribution in [0.25, 0.3) is 0 Å². The summed E-state index contributed by atoms with van der Waals surface area (Å²) in [6, 6.07) is 1.12. The van der Waals surface area contributed by atoms with Crippen molar-refractivity contribution >= 4 is 52.8 Å². The average molecular weight is 296 g/mol. The van der Waals surface area contributed by atoms with Crippen LogP contribution in [0.1, 0.15) is 26.3 Å². The van der Waals surface area contributed by atoms with Crippen LogP contribution >= 0.6 is 0 Å². The number of ether oxygens (including phenoxy) is 1. The first-order valence-electron chi connectivity index (χ1n) is 5.04. The number of hydrogen-bond acceptors (Lipinski definition) is 5. The molecule has 0 saturated heterocycles. The van der Waals surface area contributed by atoms with Crippen molar-refractivity contribution in [2.45, 2.75) is 11.8 Å². The van der Waals surface area contributed by atoms with Crippen LogP contribution in [0.15, 0.2) is 11.0 Å². The normalized spacial score (nSPS) is 11.2. The molecule has 0 amide bonds. The summed E-state index contributed by atoms with van der Waals surface area (Å²) < 4.78 is 36.6. The molecule has 0 atom stereocenters. The number of rotatable bonds is 3. The van der Waals surface area contributed by atoms with E-state index in [4.69, 9.17) is 5.11 Å². The third-order valence-electron chi connectivity index (χ3n) is 2.59. The van der Waals surface area contributed by atoms with Crippen molar-refractivity contribution in [3.05, 3.63) is 22.8 Å². The van der Waals surface area contributed by atoms with E-state index in [0.29, 0.717) is 2.81 Å². The summed E-state index contributed by atoms with van der Waals surface area (Å²) in [5.74, 6) is -2.27. The van der Waals surface area contributed by atoms with E-state index in [0.717, 1.165) is 13.2 Å². The summed E-state index contributed by atoms with van der Waals surface area (Å²) in [6.07, 6.45) is 0. The summed E-state index contributed by atoms with van der Waals surface area (Å²) in [5.41, 5.74) is -0.757. The van der Waals surface area contributed by atoms with Gasteiger partial charge in [0.05, 0.1) is 0 Å². The third-order valence-corrected chi connectivity index (χ3v) is 4.42. The van der Waals surface area contributed by atoms with Gasteiger partial charge in [-0.1, -0.05) is 0 Å². The van der Waals surface area contributed by atoms with Crippen molar-refractivity contribution < 1.29 is 32.4 Å². The molecule has 0 bridgehead atoms. The molecule has 0 spiro atoms. The molecule has 9 heteroatoms. The summed E-state index contributed by atoms with van der Waals surface area (Å²) in [7, 11) is -3.68. The van der Waals surface area contributed by atoms with Gasteiger partial charge in [0, 0.05) is 0 Å². The van der Waals surface area contributed by atoms with Crippen molar-refractivity contribution in [3.63, 3.8) is 0 Å². The van der Waals surface area contributed by atoms with Crippen molar-refractivity contribution in [2.75, 3.05) is 7.11 Å². The van der Waals surface area contributed by atoms with E-state index in [1.54, 1.807) is 0 Å².